The summed E-state index contributed by atoms with van der Waals surface area (Å²) in [5.74, 6) is 0. The number of unbranched alkanes of at least 4 members (excludes halogenated alkanes) is 2. The molecule has 0 aromatic heterocycles. The Bertz CT molecular complexity index is 217. The normalized spacial score (nSPS) is 11.5. The van der Waals surface area contributed by atoms with Gasteiger partial charge in [-0.2, -0.15) is 0 Å². The fraction of sp³-hybridized carbons (Fsp3) is 1.00. The van der Waals surface area contributed by atoms with Gasteiger partial charge in [0.05, 0.1) is 46.2 Å². The summed E-state index contributed by atoms with van der Waals surface area (Å²) < 4.78 is 22.0. The van der Waals surface area contributed by atoms with Crippen LogP contribution in [0.3, 0.4) is 0 Å². The molecule has 0 heterocycles. The number of hydrogen-bond donors (Lipinski definition) is 1. The SMILES string of the molecule is CCCCOCCN(CCOCCCC)CCOCCOCCO. The second-order valence-corrected chi connectivity index (χ2v) is 5.72. The van der Waals surface area contributed by atoms with Crippen LogP contribution in [-0.2, 0) is 18.9 Å². The molecule has 0 amide bonds. The van der Waals surface area contributed by atoms with Crippen LogP contribution in [0.1, 0.15) is 39.5 Å². The fourth-order valence-corrected chi connectivity index (χ4v) is 2.00. The van der Waals surface area contributed by atoms with Crippen LogP contribution in [0.5, 0.6) is 0 Å². The molecule has 1 N–H and O–H groups in total. The third-order valence-corrected chi connectivity index (χ3v) is 3.55. The Hall–Kier alpha value is -0.240. The lowest BCUT2D eigenvalue weighted by Crippen LogP contribution is -2.34. The topological polar surface area (TPSA) is 60.4 Å². The highest BCUT2D eigenvalue weighted by molar-refractivity contribution is 4.57. The van der Waals surface area contributed by atoms with Crippen molar-refractivity contribution in [2.75, 3.05) is 79.1 Å². The fourth-order valence-electron chi connectivity index (χ4n) is 2.00. The molecule has 0 bridgehead atoms. The maximum atomic E-state index is 8.62. The molecule has 0 aliphatic rings. The smallest absolute Gasteiger partial charge is 0.0701 e. The lowest BCUT2D eigenvalue weighted by molar-refractivity contribution is 0.0186. The molecule has 6 nitrogen and oxygen atoms in total. The van der Waals surface area contributed by atoms with Gasteiger partial charge in [-0.05, 0) is 12.8 Å². The molecule has 24 heavy (non-hydrogen) atoms. The zero-order valence-corrected chi connectivity index (χ0v) is 15.8. The Balaban J connectivity index is 3.72. The van der Waals surface area contributed by atoms with Crippen LogP contribution in [-0.4, -0.2) is 89.1 Å². The van der Waals surface area contributed by atoms with Crippen LogP contribution in [0.4, 0.5) is 0 Å². The highest BCUT2D eigenvalue weighted by atomic mass is 16.5. The van der Waals surface area contributed by atoms with E-state index in [9.17, 15) is 0 Å². The van der Waals surface area contributed by atoms with Crippen molar-refractivity contribution in [3.63, 3.8) is 0 Å². The van der Waals surface area contributed by atoms with Crippen molar-refractivity contribution in [1.29, 1.82) is 0 Å². The number of rotatable bonds is 20. The average Bonchev–Trinajstić information content (AvgIpc) is 2.59. The Labute approximate surface area is 148 Å². The van der Waals surface area contributed by atoms with Crippen molar-refractivity contribution in [3.05, 3.63) is 0 Å². The molecule has 0 aliphatic heterocycles. The van der Waals surface area contributed by atoms with Gasteiger partial charge < -0.3 is 24.1 Å². The lowest BCUT2D eigenvalue weighted by atomic mass is 10.4. The van der Waals surface area contributed by atoms with Crippen LogP contribution in [0.2, 0.25) is 0 Å². The van der Waals surface area contributed by atoms with E-state index < -0.39 is 0 Å². The van der Waals surface area contributed by atoms with E-state index in [0.717, 1.165) is 58.9 Å². The van der Waals surface area contributed by atoms with Gasteiger partial charge in [0.1, 0.15) is 0 Å². The number of aliphatic hydroxyl groups excluding tert-OH is 1. The maximum absolute atomic E-state index is 8.62. The largest absolute Gasteiger partial charge is 0.394 e. The second-order valence-electron chi connectivity index (χ2n) is 5.72. The van der Waals surface area contributed by atoms with Gasteiger partial charge in [0.25, 0.3) is 0 Å². The molecule has 0 spiro atoms. The van der Waals surface area contributed by atoms with Gasteiger partial charge in [-0.3, -0.25) is 4.90 Å². The van der Waals surface area contributed by atoms with E-state index in [4.69, 9.17) is 24.1 Å². The molecule has 0 fully saturated rings. The molecule has 0 unspecified atom stereocenters. The van der Waals surface area contributed by atoms with E-state index in [0.29, 0.717) is 26.4 Å². The predicted octanol–water partition coefficient (Wildman–Crippen LogP) is 1.95. The van der Waals surface area contributed by atoms with Gasteiger partial charge >= 0.3 is 0 Å². The quantitative estimate of drug-likeness (QED) is 0.339. The predicted molar refractivity (Wildman–Crippen MR) is 96.6 cm³/mol. The highest BCUT2D eigenvalue weighted by Gasteiger charge is 2.05. The van der Waals surface area contributed by atoms with Gasteiger partial charge in [0.15, 0.2) is 0 Å². The molecule has 0 radical (unpaired) electrons. The van der Waals surface area contributed by atoms with E-state index in [1.807, 2.05) is 0 Å². The summed E-state index contributed by atoms with van der Waals surface area (Å²) >= 11 is 0. The average molecular weight is 350 g/mol. The van der Waals surface area contributed by atoms with Crippen molar-refractivity contribution in [1.82, 2.24) is 4.90 Å². The van der Waals surface area contributed by atoms with E-state index in [1.54, 1.807) is 0 Å². The molecular formula is C18H39NO5. The Kier molecular flexibility index (Phi) is 20.6. The molecule has 0 saturated carbocycles. The van der Waals surface area contributed by atoms with Gasteiger partial charge in [-0.1, -0.05) is 26.7 Å². The lowest BCUT2D eigenvalue weighted by Gasteiger charge is -2.22. The Morgan fingerprint density at radius 3 is 1.42 bits per heavy atom. The third kappa shape index (κ3) is 18.1. The van der Waals surface area contributed by atoms with Crippen molar-refractivity contribution >= 4 is 0 Å². The first-order chi connectivity index (χ1) is 11.8. The maximum Gasteiger partial charge on any atom is 0.0701 e. The summed E-state index contributed by atoms with van der Waals surface area (Å²) in [6.45, 7) is 12.4. The summed E-state index contributed by atoms with van der Waals surface area (Å²) in [6, 6.07) is 0. The number of ether oxygens (including phenoxy) is 4. The summed E-state index contributed by atoms with van der Waals surface area (Å²) in [5, 5.41) is 8.62. The molecule has 0 atom stereocenters. The van der Waals surface area contributed by atoms with Crippen LogP contribution >= 0.6 is 0 Å². The molecular weight excluding hydrogens is 310 g/mol. The summed E-state index contributed by atoms with van der Waals surface area (Å²) in [5.41, 5.74) is 0. The minimum atomic E-state index is 0.0594. The minimum absolute atomic E-state index is 0.0594. The number of nitrogens with zero attached hydrogens (tertiary/aromatic N) is 1. The summed E-state index contributed by atoms with van der Waals surface area (Å²) in [7, 11) is 0. The van der Waals surface area contributed by atoms with E-state index in [1.165, 1.54) is 12.8 Å². The standard InChI is InChI=1S/C18H39NO5/c1-3-5-11-21-13-7-19(8-14-22-12-6-4-2)9-15-23-17-18-24-16-10-20/h20H,3-18H2,1-2H3. The van der Waals surface area contributed by atoms with Crippen LogP contribution in [0.15, 0.2) is 0 Å². The zero-order valence-electron chi connectivity index (χ0n) is 15.8. The molecule has 0 aromatic carbocycles. The van der Waals surface area contributed by atoms with E-state index >= 15 is 0 Å². The van der Waals surface area contributed by atoms with Crippen molar-refractivity contribution < 1.29 is 24.1 Å². The molecule has 0 saturated heterocycles. The van der Waals surface area contributed by atoms with Gasteiger partial charge in [0, 0.05) is 32.8 Å². The molecule has 146 valence electrons. The van der Waals surface area contributed by atoms with Crippen LogP contribution in [0, 0.1) is 0 Å². The number of aliphatic hydroxyl groups is 1. The van der Waals surface area contributed by atoms with Crippen LogP contribution in [0.25, 0.3) is 0 Å². The monoisotopic (exact) mass is 349 g/mol. The first-order valence-electron chi connectivity index (χ1n) is 9.49. The first-order valence-corrected chi connectivity index (χ1v) is 9.49. The Morgan fingerprint density at radius 2 is 1.00 bits per heavy atom. The van der Waals surface area contributed by atoms with Gasteiger partial charge in [-0.15, -0.1) is 0 Å². The Morgan fingerprint density at radius 1 is 0.583 bits per heavy atom. The highest BCUT2D eigenvalue weighted by Crippen LogP contribution is 1.94. The molecule has 0 rings (SSSR count). The second kappa shape index (κ2) is 20.8. The van der Waals surface area contributed by atoms with Crippen molar-refractivity contribution in [3.8, 4) is 0 Å². The minimum Gasteiger partial charge on any atom is -0.394 e. The molecule has 0 aliphatic carbocycles. The van der Waals surface area contributed by atoms with Crippen molar-refractivity contribution in [2.45, 2.75) is 39.5 Å². The summed E-state index contributed by atoms with van der Waals surface area (Å²) in [6.07, 6.45) is 4.58. The van der Waals surface area contributed by atoms with Gasteiger partial charge in [0.2, 0.25) is 0 Å². The summed E-state index contributed by atoms with van der Waals surface area (Å²) in [4.78, 5) is 2.33. The first kappa shape index (κ1) is 23.8. The number of hydrogen-bond acceptors (Lipinski definition) is 6. The van der Waals surface area contributed by atoms with Crippen LogP contribution < -0.4 is 0 Å². The molecule has 0 aromatic rings. The third-order valence-electron chi connectivity index (χ3n) is 3.55. The van der Waals surface area contributed by atoms with E-state index in [2.05, 4.69) is 18.7 Å². The van der Waals surface area contributed by atoms with Gasteiger partial charge in [-0.25, -0.2) is 0 Å². The molecule has 6 heteroatoms. The van der Waals surface area contributed by atoms with Crippen molar-refractivity contribution in [2.24, 2.45) is 0 Å². The van der Waals surface area contributed by atoms with E-state index in [-0.39, 0.29) is 6.61 Å². The zero-order chi connectivity index (χ0) is 17.7.